The number of carbonyl (C=O) groups excluding carboxylic acids is 2. The minimum Gasteiger partial charge on any atom is -0.481 e. The molecule has 1 amide bonds. The third-order valence-corrected chi connectivity index (χ3v) is 2.58. The molecule has 0 aliphatic heterocycles. The number of carbonyl (C=O) groups is 2. The molecule has 2 atom stereocenters. The van der Waals surface area contributed by atoms with Gasteiger partial charge in [-0.15, -0.1) is 0 Å². The summed E-state index contributed by atoms with van der Waals surface area (Å²) in [7, 11) is 1.25. The van der Waals surface area contributed by atoms with Crippen LogP contribution in [-0.4, -0.2) is 31.1 Å². The van der Waals surface area contributed by atoms with Crippen molar-refractivity contribution in [3.8, 4) is 11.8 Å². The number of nitrogens with one attached hydrogen (secondary N) is 1. The number of hydrogen-bond donors (Lipinski definition) is 1. The van der Waals surface area contributed by atoms with E-state index in [1.165, 1.54) is 14.0 Å². The third kappa shape index (κ3) is 4.28. The summed E-state index contributed by atoms with van der Waals surface area (Å²) in [4.78, 5) is 23.0. The van der Waals surface area contributed by atoms with E-state index in [1.807, 2.05) is 6.07 Å². The van der Waals surface area contributed by atoms with Crippen molar-refractivity contribution in [2.24, 2.45) is 0 Å². The number of ether oxygens (including phenoxy) is 2. The molecule has 1 N–H and O–H groups in total. The van der Waals surface area contributed by atoms with Gasteiger partial charge in [-0.1, -0.05) is 0 Å². The highest BCUT2D eigenvalue weighted by Gasteiger charge is 2.21. The molecule has 0 spiro atoms. The molecular weight excluding hydrogens is 260 g/mol. The van der Waals surface area contributed by atoms with Crippen molar-refractivity contribution in [1.82, 2.24) is 5.32 Å². The third-order valence-electron chi connectivity index (χ3n) is 2.58. The lowest BCUT2D eigenvalue weighted by molar-refractivity contribution is -0.145. The summed E-state index contributed by atoms with van der Waals surface area (Å²) in [6.45, 7) is 3.09. The van der Waals surface area contributed by atoms with Crippen molar-refractivity contribution >= 4 is 11.9 Å². The molecule has 0 fully saturated rings. The molecule has 0 saturated carbocycles. The number of nitriles is 1. The summed E-state index contributed by atoms with van der Waals surface area (Å²) >= 11 is 0. The SMILES string of the molecule is COC(=O)C(C)NC(=O)C(C)Oc1ccc(C#N)cc1. The Morgan fingerprint density at radius 1 is 1.25 bits per heavy atom. The van der Waals surface area contributed by atoms with Crippen molar-refractivity contribution in [3.63, 3.8) is 0 Å². The number of esters is 1. The van der Waals surface area contributed by atoms with Crippen molar-refractivity contribution in [2.75, 3.05) is 7.11 Å². The molecule has 106 valence electrons. The summed E-state index contributed by atoms with van der Waals surface area (Å²) in [5.74, 6) is -0.478. The smallest absolute Gasteiger partial charge is 0.328 e. The minimum atomic E-state index is -0.768. The van der Waals surface area contributed by atoms with E-state index in [0.29, 0.717) is 11.3 Å². The Kier molecular flexibility index (Phi) is 5.54. The van der Waals surface area contributed by atoms with Crippen LogP contribution in [-0.2, 0) is 14.3 Å². The molecule has 1 rings (SSSR count). The number of rotatable bonds is 5. The molecule has 6 heteroatoms. The summed E-state index contributed by atoms with van der Waals surface area (Å²) in [6, 6.07) is 7.65. The number of benzene rings is 1. The van der Waals surface area contributed by atoms with E-state index in [0.717, 1.165) is 0 Å². The van der Waals surface area contributed by atoms with Crippen LogP contribution in [0.3, 0.4) is 0 Å². The summed E-state index contributed by atoms with van der Waals surface area (Å²) in [5.41, 5.74) is 0.508. The van der Waals surface area contributed by atoms with Crippen LogP contribution in [0.15, 0.2) is 24.3 Å². The van der Waals surface area contributed by atoms with Gasteiger partial charge in [0, 0.05) is 0 Å². The lowest BCUT2D eigenvalue weighted by Crippen LogP contribution is -2.45. The lowest BCUT2D eigenvalue weighted by Gasteiger charge is -2.17. The predicted octanol–water partition coefficient (Wildman–Crippen LogP) is 1.00. The Labute approximate surface area is 117 Å². The van der Waals surface area contributed by atoms with E-state index in [4.69, 9.17) is 10.00 Å². The quantitative estimate of drug-likeness (QED) is 0.811. The van der Waals surface area contributed by atoms with Gasteiger partial charge in [-0.2, -0.15) is 5.26 Å². The topological polar surface area (TPSA) is 88.4 Å². The van der Waals surface area contributed by atoms with Crippen LogP contribution in [0.4, 0.5) is 0 Å². The van der Waals surface area contributed by atoms with Gasteiger partial charge in [0.15, 0.2) is 6.10 Å². The molecule has 0 aromatic heterocycles. The van der Waals surface area contributed by atoms with Crippen LogP contribution < -0.4 is 10.1 Å². The molecule has 6 nitrogen and oxygen atoms in total. The fourth-order valence-electron chi connectivity index (χ4n) is 1.43. The average Bonchev–Trinajstić information content (AvgIpc) is 2.46. The predicted molar refractivity (Wildman–Crippen MR) is 70.9 cm³/mol. The number of methoxy groups -OCH3 is 1. The van der Waals surface area contributed by atoms with Gasteiger partial charge in [0.2, 0.25) is 0 Å². The van der Waals surface area contributed by atoms with Crippen LogP contribution in [0.25, 0.3) is 0 Å². The summed E-state index contributed by atoms with van der Waals surface area (Å²) in [6.07, 6.45) is -0.768. The van der Waals surface area contributed by atoms with Crippen LogP contribution in [0.1, 0.15) is 19.4 Å². The van der Waals surface area contributed by atoms with Crippen molar-refractivity contribution < 1.29 is 19.1 Å². The zero-order chi connectivity index (χ0) is 15.1. The Bertz CT molecular complexity index is 519. The van der Waals surface area contributed by atoms with Gasteiger partial charge in [0.25, 0.3) is 5.91 Å². The highest BCUT2D eigenvalue weighted by Crippen LogP contribution is 2.13. The Morgan fingerprint density at radius 3 is 2.35 bits per heavy atom. The molecule has 0 saturated heterocycles. The monoisotopic (exact) mass is 276 g/mol. The lowest BCUT2D eigenvalue weighted by atomic mass is 10.2. The molecule has 0 heterocycles. The molecule has 1 aromatic rings. The molecule has 0 aliphatic carbocycles. The minimum absolute atomic E-state index is 0.424. The van der Waals surface area contributed by atoms with Gasteiger partial charge in [0.05, 0.1) is 18.7 Å². The van der Waals surface area contributed by atoms with Gasteiger partial charge in [-0.25, -0.2) is 4.79 Å². The van der Waals surface area contributed by atoms with Gasteiger partial charge in [0.1, 0.15) is 11.8 Å². The largest absolute Gasteiger partial charge is 0.481 e. The Balaban J connectivity index is 2.57. The normalized spacial score (nSPS) is 12.7. The van der Waals surface area contributed by atoms with Crippen LogP contribution in [0, 0.1) is 11.3 Å². The highest BCUT2D eigenvalue weighted by atomic mass is 16.5. The van der Waals surface area contributed by atoms with Crippen LogP contribution in [0.5, 0.6) is 5.75 Å². The van der Waals surface area contributed by atoms with Gasteiger partial charge in [-0.05, 0) is 38.1 Å². The van der Waals surface area contributed by atoms with Crippen molar-refractivity contribution in [3.05, 3.63) is 29.8 Å². The van der Waals surface area contributed by atoms with Gasteiger partial charge in [-0.3, -0.25) is 4.79 Å². The van der Waals surface area contributed by atoms with E-state index >= 15 is 0 Å². The maximum absolute atomic E-state index is 11.8. The zero-order valence-corrected chi connectivity index (χ0v) is 11.5. The second-order valence-corrected chi connectivity index (χ2v) is 4.15. The molecule has 0 bridgehead atoms. The van der Waals surface area contributed by atoms with E-state index in [2.05, 4.69) is 10.1 Å². The number of hydrogen-bond acceptors (Lipinski definition) is 5. The highest BCUT2D eigenvalue weighted by molar-refractivity contribution is 5.86. The maximum atomic E-state index is 11.8. The maximum Gasteiger partial charge on any atom is 0.328 e. The second kappa shape index (κ2) is 7.14. The molecule has 1 aromatic carbocycles. The van der Waals surface area contributed by atoms with Gasteiger partial charge < -0.3 is 14.8 Å². The second-order valence-electron chi connectivity index (χ2n) is 4.15. The fourth-order valence-corrected chi connectivity index (χ4v) is 1.43. The molecule has 0 aliphatic rings. The van der Waals surface area contributed by atoms with Gasteiger partial charge >= 0.3 is 5.97 Å². The first-order chi connectivity index (χ1) is 9.47. The first-order valence-corrected chi connectivity index (χ1v) is 6.03. The van der Waals surface area contributed by atoms with Crippen molar-refractivity contribution in [1.29, 1.82) is 5.26 Å². The average molecular weight is 276 g/mol. The number of amides is 1. The molecule has 0 radical (unpaired) electrons. The van der Waals surface area contributed by atoms with Crippen LogP contribution in [0.2, 0.25) is 0 Å². The van der Waals surface area contributed by atoms with Crippen molar-refractivity contribution in [2.45, 2.75) is 26.0 Å². The van der Waals surface area contributed by atoms with E-state index < -0.39 is 24.0 Å². The number of nitrogens with zero attached hydrogens (tertiary/aromatic N) is 1. The Hall–Kier alpha value is -2.55. The van der Waals surface area contributed by atoms with Crippen LogP contribution >= 0.6 is 0 Å². The summed E-state index contributed by atoms with van der Waals surface area (Å²) < 4.78 is 9.93. The molecule has 20 heavy (non-hydrogen) atoms. The molecule has 2 unspecified atom stereocenters. The first-order valence-electron chi connectivity index (χ1n) is 6.03. The van der Waals surface area contributed by atoms with E-state index in [-0.39, 0.29) is 0 Å². The fraction of sp³-hybridized carbons (Fsp3) is 0.357. The standard InChI is InChI=1S/C14H16N2O4/c1-9(14(18)19-3)16-13(17)10(2)20-12-6-4-11(8-15)5-7-12/h4-7,9-10H,1-3H3,(H,16,17). The first kappa shape index (κ1) is 15.5. The summed E-state index contributed by atoms with van der Waals surface area (Å²) in [5, 5.41) is 11.2. The molecular formula is C14H16N2O4. The zero-order valence-electron chi connectivity index (χ0n) is 11.5. The van der Waals surface area contributed by atoms with E-state index in [9.17, 15) is 9.59 Å². The Morgan fingerprint density at radius 2 is 1.85 bits per heavy atom. The van der Waals surface area contributed by atoms with E-state index in [1.54, 1.807) is 31.2 Å².